The molecule has 2 aromatic rings. The predicted molar refractivity (Wildman–Crippen MR) is 58.4 cm³/mol. The first-order valence-electron chi connectivity index (χ1n) is 5.07. The smallest absolute Gasteiger partial charge is 0.298 e. The lowest BCUT2D eigenvalue weighted by molar-refractivity contribution is -0.120. The zero-order valence-electron chi connectivity index (χ0n) is 9.29. The maximum atomic E-state index is 13.7. The van der Waals surface area contributed by atoms with Crippen LogP contribution in [-0.4, -0.2) is 6.47 Å². The van der Waals surface area contributed by atoms with Crippen LogP contribution in [0.15, 0.2) is 30.3 Å². The first-order chi connectivity index (χ1) is 9.02. The van der Waals surface area contributed by atoms with E-state index in [0.717, 1.165) is 24.3 Å². The van der Waals surface area contributed by atoms with Gasteiger partial charge in [0.05, 0.1) is 0 Å². The van der Waals surface area contributed by atoms with Crippen LogP contribution in [0.3, 0.4) is 0 Å². The number of ether oxygens (including phenoxy) is 1. The number of hydrogen-bond acceptors (Lipinski definition) is 2. The molecule has 0 heterocycles. The second-order valence-corrected chi connectivity index (χ2v) is 3.61. The van der Waals surface area contributed by atoms with Crippen molar-refractivity contribution in [2.75, 3.05) is 0 Å². The van der Waals surface area contributed by atoms with Crippen molar-refractivity contribution in [1.29, 1.82) is 0 Å². The Hall–Kier alpha value is -2.37. The topological polar surface area (TPSA) is 26.3 Å². The molecule has 0 aromatic heterocycles. The van der Waals surface area contributed by atoms with E-state index in [1.54, 1.807) is 0 Å². The van der Waals surface area contributed by atoms with E-state index in [-0.39, 0.29) is 17.6 Å². The van der Waals surface area contributed by atoms with Gasteiger partial charge < -0.3 is 4.74 Å². The van der Waals surface area contributed by atoms with Crippen molar-refractivity contribution in [1.82, 2.24) is 0 Å². The fraction of sp³-hybridized carbons (Fsp3) is 0. The van der Waals surface area contributed by atoms with Gasteiger partial charge in [0.15, 0.2) is 11.6 Å². The second-order valence-electron chi connectivity index (χ2n) is 3.61. The molecule has 0 N–H and O–H groups in total. The van der Waals surface area contributed by atoms with E-state index < -0.39 is 29.0 Å². The number of carbonyl (C=O) groups is 1. The van der Waals surface area contributed by atoms with E-state index in [9.17, 15) is 22.4 Å². The average molecular weight is 270 g/mol. The minimum atomic E-state index is -1.41. The average Bonchev–Trinajstić information content (AvgIpc) is 2.34. The molecule has 2 nitrogen and oxygen atoms in total. The number of carbonyl (C=O) groups excluding carboxylic acids is 1. The number of rotatable bonds is 3. The van der Waals surface area contributed by atoms with Crippen LogP contribution >= 0.6 is 0 Å². The quantitative estimate of drug-likeness (QED) is 0.630. The van der Waals surface area contributed by atoms with Crippen LogP contribution in [0.1, 0.15) is 0 Å². The Morgan fingerprint density at radius 2 is 1.53 bits per heavy atom. The minimum Gasteiger partial charge on any atom is -0.425 e. The highest BCUT2D eigenvalue weighted by molar-refractivity contribution is 5.66. The Bertz CT molecular complexity index is 621. The summed E-state index contributed by atoms with van der Waals surface area (Å²) >= 11 is 0. The van der Waals surface area contributed by atoms with Gasteiger partial charge in [-0.25, -0.2) is 13.2 Å². The van der Waals surface area contributed by atoms with Crippen LogP contribution in [-0.2, 0) is 4.79 Å². The molecule has 0 aliphatic rings. The number of halogens is 4. The van der Waals surface area contributed by atoms with Crippen LogP contribution in [0.25, 0.3) is 11.1 Å². The zero-order valence-corrected chi connectivity index (χ0v) is 9.29. The molecule has 0 atom stereocenters. The molecule has 0 fully saturated rings. The number of hydrogen-bond donors (Lipinski definition) is 0. The Kier molecular flexibility index (Phi) is 3.50. The summed E-state index contributed by atoms with van der Waals surface area (Å²) in [6.07, 6.45) is 0. The van der Waals surface area contributed by atoms with Gasteiger partial charge in [0, 0.05) is 11.6 Å². The maximum Gasteiger partial charge on any atom is 0.298 e. The lowest BCUT2D eigenvalue weighted by Gasteiger charge is -2.07. The molecule has 2 aromatic carbocycles. The Balaban J connectivity index is 2.57. The molecule has 2 rings (SSSR count). The molecule has 0 saturated carbocycles. The van der Waals surface area contributed by atoms with Crippen molar-refractivity contribution >= 4 is 6.47 Å². The third-order valence-corrected chi connectivity index (χ3v) is 2.40. The highest BCUT2D eigenvalue weighted by atomic mass is 19.2. The summed E-state index contributed by atoms with van der Waals surface area (Å²) in [5, 5.41) is 0. The molecular formula is C13H6F4O2. The van der Waals surface area contributed by atoms with Crippen LogP contribution in [0.5, 0.6) is 5.75 Å². The molecule has 0 spiro atoms. The summed E-state index contributed by atoms with van der Waals surface area (Å²) in [4.78, 5) is 10.1. The van der Waals surface area contributed by atoms with Crippen molar-refractivity contribution in [2.24, 2.45) is 0 Å². The molecule has 19 heavy (non-hydrogen) atoms. The lowest BCUT2D eigenvalue weighted by atomic mass is 10.0. The normalized spacial score (nSPS) is 10.3. The Morgan fingerprint density at radius 1 is 0.895 bits per heavy atom. The first-order valence-corrected chi connectivity index (χ1v) is 5.07. The summed E-state index contributed by atoms with van der Waals surface area (Å²) in [6, 6.07) is 4.39. The molecule has 0 amide bonds. The molecule has 0 radical (unpaired) electrons. The monoisotopic (exact) mass is 270 g/mol. The summed E-state index contributed by atoms with van der Waals surface area (Å²) in [7, 11) is 0. The fourth-order valence-corrected chi connectivity index (χ4v) is 1.61. The molecular weight excluding hydrogens is 264 g/mol. The van der Waals surface area contributed by atoms with Gasteiger partial charge in [0.1, 0.15) is 11.6 Å². The van der Waals surface area contributed by atoms with E-state index in [1.807, 2.05) is 0 Å². The molecule has 98 valence electrons. The Labute approximate surface area is 105 Å². The molecule has 0 bridgehead atoms. The predicted octanol–water partition coefficient (Wildman–Crippen LogP) is 3.45. The van der Waals surface area contributed by atoms with Crippen molar-refractivity contribution in [3.8, 4) is 16.9 Å². The van der Waals surface area contributed by atoms with Crippen LogP contribution in [0.4, 0.5) is 17.6 Å². The maximum absolute atomic E-state index is 13.7. The van der Waals surface area contributed by atoms with Crippen molar-refractivity contribution in [3.63, 3.8) is 0 Å². The second kappa shape index (κ2) is 5.09. The highest BCUT2D eigenvalue weighted by Gasteiger charge is 2.16. The van der Waals surface area contributed by atoms with Gasteiger partial charge in [-0.1, -0.05) is 0 Å². The van der Waals surface area contributed by atoms with E-state index in [2.05, 4.69) is 4.74 Å². The van der Waals surface area contributed by atoms with Crippen molar-refractivity contribution in [2.45, 2.75) is 0 Å². The Morgan fingerprint density at radius 3 is 2.11 bits per heavy atom. The van der Waals surface area contributed by atoms with Crippen LogP contribution < -0.4 is 4.74 Å². The fourth-order valence-electron chi connectivity index (χ4n) is 1.61. The van der Waals surface area contributed by atoms with E-state index in [4.69, 9.17) is 0 Å². The SMILES string of the molecule is O=COc1ccc(-c2cc(F)cc(F)c2)c(F)c1F. The molecule has 0 saturated heterocycles. The van der Waals surface area contributed by atoms with Crippen molar-refractivity contribution < 1.29 is 27.1 Å². The molecule has 0 aliphatic heterocycles. The van der Waals surface area contributed by atoms with Gasteiger partial charge in [0.2, 0.25) is 5.82 Å². The van der Waals surface area contributed by atoms with Gasteiger partial charge in [-0.15, -0.1) is 0 Å². The van der Waals surface area contributed by atoms with E-state index >= 15 is 0 Å². The number of benzene rings is 2. The largest absolute Gasteiger partial charge is 0.425 e. The first kappa shape index (κ1) is 13.1. The summed E-state index contributed by atoms with van der Waals surface area (Å²) in [5.74, 6) is -5.20. The zero-order chi connectivity index (χ0) is 14.0. The third-order valence-electron chi connectivity index (χ3n) is 2.40. The van der Waals surface area contributed by atoms with Gasteiger partial charge in [-0.2, -0.15) is 4.39 Å². The minimum absolute atomic E-state index is 0.0562. The highest BCUT2D eigenvalue weighted by Crippen LogP contribution is 2.30. The summed E-state index contributed by atoms with van der Waals surface area (Å²) < 4.78 is 57.5. The molecule has 6 heteroatoms. The van der Waals surface area contributed by atoms with Gasteiger partial charge >= 0.3 is 0 Å². The molecule has 0 aliphatic carbocycles. The molecule has 0 unspecified atom stereocenters. The van der Waals surface area contributed by atoms with Crippen molar-refractivity contribution in [3.05, 3.63) is 53.6 Å². The summed E-state index contributed by atoms with van der Waals surface area (Å²) in [6.45, 7) is -0.0562. The van der Waals surface area contributed by atoms with Gasteiger partial charge in [-0.05, 0) is 29.8 Å². The van der Waals surface area contributed by atoms with Crippen LogP contribution in [0.2, 0.25) is 0 Å². The van der Waals surface area contributed by atoms with E-state index in [0.29, 0.717) is 6.07 Å². The summed E-state index contributed by atoms with van der Waals surface area (Å²) in [5.41, 5.74) is -0.499. The van der Waals surface area contributed by atoms with E-state index in [1.165, 1.54) is 0 Å². The third kappa shape index (κ3) is 2.57. The lowest BCUT2D eigenvalue weighted by Crippen LogP contribution is -1.97. The van der Waals surface area contributed by atoms with Crippen LogP contribution in [0, 0.1) is 23.3 Å². The van der Waals surface area contributed by atoms with Gasteiger partial charge in [-0.3, -0.25) is 4.79 Å². The van der Waals surface area contributed by atoms with Gasteiger partial charge in [0.25, 0.3) is 6.47 Å². The standard InChI is InChI=1S/C13H6F4O2/c14-8-3-7(4-9(15)5-8)10-1-2-11(19-6-18)13(17)12(10)16/h1-6H.